The Morgan fingerprint density at radius 2 is 2.05 bits per heavy atom. The van der Waals surface area contributed by atoms with Gasteiger partial charge in [0.15, 0.2) is 0 Å². The van der Waals surface area contributed by atoms with Crippen molar-refractivity contribution in [1.29, 1.82) is 0 Å². The van der Waals surface area contributed by atoms with Crippen LogP contribution in [0, 0.1) is 12.7 Å². The number of hydrogen-bond acceptors (Lipinski definition) is 1. The van der Waals surface area contributed by atoms with Gasteiger partial charge in [-0.05, 0) is 58.1 Å². The molecule has 4 heteroatoms. The van der Waals surface area contributed by atoms with Gasteiger partial charge in [-0.2, -0.15) is 0 Å². The van der Waals surface area contributed by atoms with Crippen LogP contribution >= 0.6 is 27.5 Å². The van der Waals surface area contributed by atoms with Crippen molar-refractivity contribution in [2.24, 2.45) is 5.73 Å². The molecule has 2 aromatic carbocycles. The van der Waals surface area contributed by atoms with Crippen molar-refractivity contribution >= 4 is 27.5 Å². The summed E-state index contributed by atoms with van der Waals surface area (Å²) in [6.45, 7) is 1.95. The summed E-state index contributed by atoms with van der Waals surface area (Å²) in [4.78, 5) is 0. The molecule has 0 saturated heterocycles. The van der Waals surface area contributed by atoms with Crippen LogP contribution in [-0.2, 0) is 6.42 Å². The second kappa shape index (κ2) is 6.04. The molecular formula is C15H14BrClFN. The molecule has 0 saturated carbocycles. The summed E-state index contributed by atoms with van der Waals surface area (Å²) >= 11 is 9.44. The number of halogens is 3. The van der Waals surface area contributed by atoms with E-state index in [2.05, 4.69) is 15.9 Å². The highest BCUT2D eigenvalue weighted by Gasteiger charge is 2.13. The number of benzene rings is 2. The highest BCUT2D eigenvalue weighted by molar-refractivity contribution is 9.10. The average molecular weight is 343 g/mol. The van der Waals surface area contributed by atoms with E-state index in [1.807, 2.05) is 25.1 Å². The first-order chi connectivity index (χ1) is 8.99. The van der Waals surface area contributed by atoms with Crippen molar-refractivity contribution < 1.29 is 4.39 Å². The number of rotatable bonds is 3. The minimum Gasteiger partial charge on any atom is -0.324 e. The molecule has 0 amide bonds. The van der Waals surface area contributed by atoms with Crippen molar-refractivity contribution in [3.63, 3.8) is 0 Å². The van der Waals surface area contributed by atoms with Crippen LogP contribution in [0.4, 0.5) is 4.39 Å². The fourth-order valence-electron chi connectivity index (χ4n) is 1.99. The van der Waals surface area contributed by atoms with Gasteiger partial charge < -0.3 is 5.73 Å². The third kappa shape index (κ3) is 3.35. The van der Waals surface area contributed by atoms with E-state index in [1.165, 1.54) is 6.07 Å². The zero-order valence-corrected chi connectivity index (χ0v) is 12.8. The lowest BCUT2D eigenvalue weighted by atomic mass is 9.98. The van der Waals surface area contributed by atoms with Crippen LogP contribution in [0.5, 0.6) is 0 Å². The molecule has 0 aliphatic carbocycles. The van der Waals surface area contributed by atoms with Crippen LogP contribution in [0.15, 0.2) is 40.9 Å². The van der Waals surface area contributed by atoms with Crippen LogP contribution in [0.3, 0.4) is 0 Å². The number of aryl methyl sites for hydroxylation is 1. The molecule has 1 nitrogen and oxygen atoms in total. The second-order valence-electron chi connectivity index (χ2n) is 4.54. The van der Waals surface area contributed by atoms with Crippen LogP contribution in [0.2, 0.25) is 5.02 Å². The molecule has 100 valence electrons. The van der Waals surface area contributed by atoms with Crippen LogP contribution in [0.25, 0.3) is 0 Å². The fraction of sp³-hybridized carbons (Fsp3) is 0.200. The zero-order valence-electron chi connectivity index (χ0n) is 10.5. The Hall–Kier alpha value is -0.900. The average Bonchev–Trinajstić information content (AvgIpc) is 2.37. The summed E-state index contributed by atoms with van der Waals surface area (Å²) in [5.41, 5.74) is 9.09. The lowest BCUT2D eigenvalue weighted by Gasteiger charge is -2.15. The van der Waals surface area contributed by atoms with Crippen molar-refractivity contribution in [2.45, 2.75) is 19.4 Å². The number of hydrogen-bond donors (Lipinski definition) is 1. The predicted molar refractivity (Wildman–Crippen MR) is 80.9 cm³/mol. The molecule has 1 atom stereocenters. The van der Waals surface area contributed by atoms with Gasteiger partial charge in [0, 0.05) is 11.1 Å². The van der Waals surface area contributed by atoms with E-state index >= 15 is 0 Å². The Balaban J connectivity index is 2.23. The SMILES string of the molecule is Cc1cccc(C(N)Cc2ccc(F)c(Br)c2)c1Cl. The van der Waals surface area contributed by atoms with Crippen molar-refractivity contribution in [3.05, 3.63) is 68.4 Å². The second-order valence-corrected chi connectivity index (χ2v) is 5.77. The maximum absolute atomic E-state index is 13.2. The molecule has 2 aromatic rings. The Labute approximate surface area is 125 Å². The Kier molecular flexibility index (Phi) is 4.61. The first kappa shape index (κ1) is 14.5. The normalized spacial score (nSPS) is 12.5. The molecular weight excluding hydrogens is 329 g/mol. The molecule has 0 aliphatic heterocycles. The smallest absolute Gasteiger partial charge is 0.137 e. The van der Waals surface area contributed by atoms with Gasteiger partial charge in [-0.1, -0.05) is 35.9 Å². The Bertz CT molecular complexity index is 601. The van der Waals surface area contributed by atoms with E-state index in [4.69, 9.17) is 17.3 Å². The predicted octanol–water partition coefficient (Wildman–Crippen LogP) is 4.79. The van der Waals surface area contributed by atoms with Crippen molar-refractivity contribution in [2.75, 3.05) is 0 Å². The third-order valence-electron chi connectivity index (χ3n) is 3.06. The first-order valence-corrected chi connectivity index (χ1v) is 7.10. The Morgan fingerprint density at radius 1 is 1.32 bits per heavy atom. The van der Waals surface area contributed by atoms with Gasteiger partial charge in [0.25, 0.3) is 0 Å². The number of nitrogens with two attached hydrogens (primary N) is 1. The maximum Gasteiger partial charge on any atom is 0.137 e. The Morgan fingerprint density at radius 3 is 2.74 bits per heavy atom. The summed E-state index contributed by atoms with van der Waals surface area (Å²) in [5.74, 6) is -0.272. The molecule has 0 aliphatic rings. The quantitative estimate of drug-likeness (QED) is 0.852. The summed E-state index contributed by atoms with van der Waals surface area (Å²) in [5, 5.41) is 0.705. The van der Waals surface area contributed by atoms with E-state index in [0.717, 1.165) is 16.7 Å². The molecule has 1 unspecified atom stereocenters. The third-order valence-corrected chi connectivity index (χ3v) is 4.18. The van der Waals surface area contributed by atoms with Gasteiger partial charge in [-0.25, -0.2) is 4.39 Å². The minimum atomic E-state index is -0.272. The van der Waals surface area contributed by atoms with Gasteiger partial charge in [0.05, 0.1) is 4.47 Å². The van der Waals surface area contributed by atoms with Crippen LogP contribution < -0.4 is 5.73 Å². The van der Waals surface area contributed by atoms with Gasteiger partial charge in [-0.3, -0.25) is 0 Å². The molecule has 0 spiro atoms. The monoisotopic (exact) mass is 341 g/mol. The highest BCUT2D eigenvalue weighted by Crippen LogP contribution is 2.27. The van der Waals surface area contributed by atoms with E-state index in [9.17, 15) is 4.39 Å². The van der Waals surface area contributed by atoms with Gasteiger partial charge >= 0.3 is 0 Å². The van der Waals surface area contributed by atoms with E-state index < -0.39 is 0 Å². The highest BCUT2D eigenvalue weighted by atomic mass is 79.9. The summed E-state index contributed by atoms with van der Waals surface area (Å²) in [6.07, 6.45) is 0.613. The molecule has 19 heavy (non-hydrogen) atoms. The van der Waals surface area contributed by atoms with Gasteiger partial charge in [-0.15, -0.1) is 0 Å². The largest absolute Gasteiger partial charge is 0.324 e. The molecule has 0 fully saturated rings. The minimum absolute atomic E-state index is 0.204. The van der Waals surface area contributed by atoms with Gasteiger partial charge in [0.2, 0.25) is 0 Å². The summed E-state index contributed by atoms with van der Waals surface area (Å²) < 4.78 is 13.6. The first-order valence-electron chi connectivity index (χ1n) is 5.93. The molecule has 0 bridgehead atoms. The lowest BCUT2D eigenvalue weighted by Crippen LogP contribution is -2.14. The van der Waals surface area contributed by atoms with E-state index in [-0.39, 0.29) is 11.9 Å². The summed E-state index contributed by atoms with van der Waals surface area (Å²) in [6, 6.07) is 10.5. The summed E-state index contributed by atoms with van der Waals surface area (Å²) in [7, 11) is 0. The van der Waals surface area contributed by atoms with Crippen molar-refractivity contribution in [3.8, 4) is 0 Å². The van der Waals surface area contributed by atoms with Crippen LogP contribution in [-0.4, -0.2) is 0 Å². The lowest BCUT2D eigenvalue weighted by molar-refractivity contribution is 0.618. The standard InChI is InChI=1S/C15H14BrClFN/c1-9-3-2-4-11(15(9)17)14(19)8-10-5-6-13(18)12(16)7-10/h2-7,14H,8,19H2,1H3. The maximum atomic E-state index is 13.2. The molecule has 2 rings (SSSR count). The van der Waals surface area contributed by atoms with Gasteiger partial charge in [0.1, 0.15) is 5.82 Å². The van der Waals surface area contributed by atoms with E-state index in [1.54, 1.807) is 12.1 Å². The molecule has 0 radical (unpaired) electrons. The van der Waals surface area contributed by atoms with Crippen molar-refractivity contribution in [1.82, 2.24) is 0 Å². The van der Waals surface area contributed by atoms with Crippen LogP contribution in [0.1, 0.15) is 22.7 Å². The molecule has 2 N–H and O–H groups in total. The van der Waals surface area contributed by atoms with E-state index in [0.29, 0.717) is 15.9 Å². The fourth-order valence-corrected chi connectivity index (χ4v) is 2.68. The zero-order chi connectivity index (χ0) is 14.0. The molecule has 0 aromatic heterocycles. The molecule has 0 heterocycles. The topological polar surface area (TPSA) is 26.0 Å².